The first-order valence-corrected chi connectivity index (χ1v) is 25.0. The zero-order valence-corrected chi connectivity index (χ0v) is 44.7. The summed E-state index contributed by atoms with van der Waals surface area (Å²) in [7, 11) is 0. The van der Waals surface area contributed by atoms with Gasteiger partial charge in [0.05, 0.1) is 11.4 Å². The second kappa shape index (κ2) is 28.5. The minimum atomic E-state index is 1.02. The van der Waals surface area contributed by atoms with E-state index in [1.165, 1.54) is 111 Å². The zero-order valence-electron chi connectivity index (χ0n) is 44.7. The van der Waals surface area contributed by atoms with Crippen molar-refractivity contribution in [2.75, 3.05) is 9.80 Å². The average molecular weight is 861 g/mol. The molecule has 2 heteroatoms. The van der Waals surface area contributed by atoms with Crippen molar-refractivity contribution in [3.8, 4) is 0 Å². The number of aryl methyl sites for hydroxylation is 6. The minimum absolute atomic E-state index is 1.02. The molecule has 64 heavy (non-hydrogen) atoms. The Kier molecular flexibility index (Phi) is 25.2. The predicted octanol–water partition coefficient (Wildman–Crippen LogP) is 21.2. The Morgan fingerprint density at radius 3 is 1.00 bits per heavy atom. The van der Waals surface area contributed by atoms with E-state index in [1.807, 2.05) is 96.9 Å². The van der Waals surface area contributed by atoms with Crippen molar-refractivity contribution in [1.82, 2.24) is 0 Å². The van der Waals surface area contributed by atoms with Gasteiger partial charge in [0.1, 0.15) is 0 Å². The third-order valence-electron chi connectivity index (χ3n) is 11.4. The summed E-state index contributed by atoms with van der Waals surface area (Å²) in [4.78, 5) is 4.99. The fourth-order valence-corrected chi connectivity index (χ4v) is 7.78. The number of allylic oxidation sites excluding steroid dienone is 4. The molecule has 346 valence electrons. The molecule has 0 spiro atoms. The zero-order chi connectivity index (χ0) is 48.8. The Morgan fingerprint density at radius 2 is 0.656 bits per heavy atom. The minimum Gasteiger partial charge on any atom is -0.314 e. The average Bonchev–Trinajstić information content (AvgIpc) is 3.35. The molecule has 8 rings (SSSR count). The highest BCUT2D eigenvalue weighted by atomic mass is 15.2. The quantitative estimate of drug-likeness (QED) is 0.154. The summed E-state index contributed by atoms with van der Waals surface area (Å²) >= 11 is 0. The number of hydrogen-bond acceptors (Lipinski definition) is 2. The van der Waals surface area contributed by atoms with Crippen LogP contribution in [0.4, 0.5) is 28.4 Å². The number of anilines is 5. The van der Waals surface area contributed by atoms with Gasteiger partial charge in [-0.1, -0.05) is 163 Å². The van der Waals surface area contributed by atoms with E-state index in [0.29, 0.717) is 0 Å². The smallest absolute Gasteiger partial charge is 0.0540 e. The first kappa shape index (κ1) is 56.7. The molecule has 0 aromatic heterocycles. The van der Waals surface area contributed by atoms with E-state index in [2.05, 4.69) is 174 Å². The number of nitrogens with zero attached hydrogens (tertiary/aromatic N) is 2. The lowest BCUT2D eigenvalue weighted by molar-refractivity contribution is 0.859. The van der Waals surface area contributed by atoms with E-state index < -0.39 is 0 Å². The maximum absolute atomic E-state index is 2.53. The highest BCUT2D eigenvalue weighted by molar-refractivity contribution is 6.28. The molecule has 0 bridgehead atoms. The van der Waals surface area contributed by atoms with Crippen LogP contribution in [0.2, 0.25) is 0 Å². The summed E-state index contributed by atoms with van der Waals surface area (Å²) in [6, 6.07) is 39.3. The van der Waals surface area contributed by atoms with Crippen molar-refractivity contribution in [1.29, 1.82) is 0 Å². The van der Waals surface area contributed by atoms with E-state index in [0.717, 1.165) is 12.8 Å². The summed E-state index contributed by atoms with van der Waals surface area (Å²) in [5.41, 5.74) is 18.0. The van der Waals surface area contributed by atoms with E-state index in [9.17, 15) is 0 Å². The molecule has 0 aliphatic heterocycles. The summed E-state index contributed by atoms with van der Waals surface area (Å²) in [5.74, 6) is 0. The largest absolute Gasteiger partial charge is 0.314 e. The van der Waals surface area contributed by atoms with Crippen LogP contribution in [-0.4, -0.2) is 0 Å². The van der Waals surface area contributed by atoms with Crippen LogP contribution in [0.3, 0.4) is 0 Å². The molecule has 0 heterocycles. The van der Waals surface area contributed by atoms with Crippen LogP contribution < -0.4 is 9.80 Å². The molecule has 0 saturated heterocycles. The van der Waals surface area contributed by atoms with Gasteiger partial charge in [-0.05, 0) is 178 Å². The summed E-state index contributed by atoms with van der Waals surface area (Å²) in [6.45, 7) is 45.8. The fraction of sp³-hybridized carbons (Fsp3) is 0.387. The van der Waals surface area contributed by atoms with Gasteiger partial charge >= 0.3 is 0 Å². The van der Waals surface area contributed by atoms with E-state index in [4.69, 9.17) is 0 Å². The summed E-state index contributed by atoms with van der Waals surface area (Å²) < 4.78 is 0. The lowest BCUT2D eigenvalue weighted by atomic mass is 9.91. The Bertz CT molecular complexity index is 2480. The number of hydrogen-bond donors (Lipinski definition) is 0. The monoisotopic (exact) mass is 861 g/mol. The summed E-state index contributed by atoms with van der Waals surface area (Å²) in [6.07, 6.45) is 4.51. The first-order valence-electron chi connectivity index (χ1n) is 25.0. The van der Waals surface area contributed by atoms with Crippen LogP contribution in [0, 0.1) is 41.5 Å². The van der Waals surface area contributed by atoms with E-state index >= 15 is 0 Å². The van der Waals surface area contributed by atoms with Crippen molar-refractivity contribution in [3.63, 3.8) is 0 Å². The van der Waals surface area contributed by atoms with Crippen LogP contribution in [-0.2, 0) is 0 Å². The van der Waals surface area contributed by atoms with Crippen molar-refractivity contribution in [2.24, 2.45) is 0 Å². The second-order valence-electron chi connectivity index (χ2n) is 14.7. The lowest BCUT2D eigenvalue weighted by Gasteiger charge is -2.32. The molecule has 0 amide bonds. The fourth-order valence-electron chi connectivity index (χ4n) is 7.78. The molecule has 7 aromatic rings. The van der Waals surface area contributed by atoms with Crippen molar-refractivity contribution < 1.29 is 0 Å². The Morgan fingerprint density at radius 1 is 0.328 bits per heavy atom. The van der Waals surface area contributed by atoms with Gasteiger partial charge < -0.3 is 9.80 Å². The van der Waals surface area contributed by atoms with Gasteiger partial charge in [0.25, 0.3) is 0 Å². The maximum Gasteiger partial charge on any atom is 0.0540 e. The highest BCUT2D eigenvalue weighted by Crippen LogP contribution is 2.48. The van der Waals surface area contributed by atoms with Gasteiger partial charge in [0, 0.05) is 33.5 Å². The molecule has 0 N–H and O–H groups in total. The number of rotatable bonds is 6. The van der Waals surface area contributed by atoms with Gasteiger partial charge in [-0.25, -0.2) is 0 Å². The van der Waals surface area contributed by atoms with Gasteiger partial charge in [-0.15, -0.1) is 0 Å². The topological polar surface area (TPSA) is 6.48 Å². The van der Waals surface area contributed by atoms with Gasteiger partial charge in [0.15, 0.2) is 0 Å². The third kappa shape index (κ3) is 12.5. The molecule has 0 atom stereocenters. The molecule has 2 nitrogen and oxygen atoms in total. The molecular formula is C62H88N2. The standard InChI is InChI=1S/C48H46N2.7C2H6/c1-29-9-17-39(25-33(29)5)49(40-18-10-30(2)34(6)26-40)45-23-15-37-14-22-44-46(24-16-38-13-21-43(45)47(37)48(38)44)50(41-19-11-31(3)35(7)27-41)42-20-12-32(4)36(8)28-42;7*1-2/h9-11,13-19,21-28H,12,20H2,1-8H3;7*1-2H3. The van der Waals surface area contributed by atoms with Crippen LogP contribution in [0.1, 0.15) is 157 Å². The predicted molar refractivity (Wildman–Crippen MR) is 297 cm³/mol. The normalized spacial score (nSPS) is 11.2. The molecule has 1 aliphatic carbocycles. The molecule has 0 unspecified atom stereocenters. The highest BCUT2D eigenvalue weighted by Gasteiger charge is 2.24. The van der Waals surface area contributed by atoms with Crippen LogP contribution in [0.15, 0.2) is 126 Å². The summed E-state index contributed by atoms with van der Waals surface area (Å²) in [5, 5.41) is 7.73. The third-order valence-corrected chi connectivity index (χ3v) is 11.4. The molecule has 1 aliphatic rings. The molecule has 0 radical (unpaired) electrons. The molecular weight excluding hydrogens is 773 g/mol. The lowest BCUT2D eigenvalue weighted by Crippen LogP contribution is -2.19. The van der Waals surface area contributed by atoms with Gasteiger partial charge in [-0.2, -0.15) is 0 Å². The molecule has 0 saturated carbocycles. The molecule has 0 fully saturated rings. The second-order valence-corrected chi connectivity index (χ2v) is 14.7. The van der Waals surface area contributed by atoms with Gasteiger partial charge in [0.2, 0.25) is 0 Å². The Labute approximate surface area is 393 Å². The SMILES string of the molecule is CC.CC.CC.CC.CC.CC.CC.CC1=C(C)CCC(N(c2ccc(C)c(C)c2)c2ccc3ccc4c(N(c5ccc(C)c(C)c5)c5ccc(C)c(C)c5)ccc5ccc2c3c54)=C1. The van der Waals surface area contributed by atoms with E-state index in [1.54, 1.807) is 0 Å². The maximum atomic E-state index is 2.53. The van der Waals surface area contributed by atoms with Gasteiger partial charge in [-0.3, -0.25) is 0 Å². The van der Waals surface area contributed by atoms with Crippen LogP contribution in [0.5, 0.6) is 0 Å². The Balaban J connectivity index is 0.00000134. The Hall–Kier alpha value is -5.34. The van der Waals surface area contributed by atoms with Crippen LogP contribution >= 0.6 is 0 Å². The number of benzene rings is 7. The van der Waals surface area contributed by atoms with Crippen molar-refractivity contribution >= 4 is 60.8 Å². The van der Waals surface area contributed by atoms with Crippen molar-refractivity contribution in [2.45, 2.75) is 165 Å². The first-order chi connectivity index (χ1) is 31.1. The molecule has 7 aromatic carbocycles. The van der Waals surface area contributed by atoms with E-state index in [-0.39, 0.29) is 0 Å². The van der Waals surface area contributed by atoms with Crippen molar-refractivity contribution in [3.05, 3.63) is 159 Å². The van der Waals surface area contributed by atoms with Crippen LogP contribution in [0.25, 0.3) is 32.3 Å².